The van der Waals surface area contributed by atoms with E-state index in [0.29, 0.717) is 6.61 Å². The predicted molar refractivity (Wildman–Crippen MR) is 90.1 cm³/mol. The minimum atomic E-state index is 0.319. The van der Waals surface area contributed by atoms with Gasteiger partial charge in [0.1, 0.15) is 0 Å². The van der Waals surface area contributed by atoms with E-state index in [0.717, 1.165) is 24.3 Å². The van der Waals surface area contributed by atoms with E-state index in [1.54, 1.807) is 0 Å². The summed E-state index contributed by atoms with van der Waals surface area (Å²) in [5, 5.41) is 7.88. The second-order valence-electron chi connectivity index (χ2n) is 6.80. The molecule has 0 spiro atoms. The molecule has 1 rings (SSSR count). The van der Waals surface area contributed by atoms with Crippen LogP contribution in [0.15, 0.2) is 0 Å². The lowest BCUT2D eigenvalue weighted by molar-refractivity contribution is 0.194. The van der Waals surface area contributed by atoms with Crippen molar-refractivity contribution in [1.82, 2.24) is 4.90 Å². The summed E-state index contributed by atoms with van der Waals surface area (Å²) in [6.07, 6.45) is 9.40. The van der Waals surface area contributed by atoms with Crippen molar-refractivity contribution < 1.29 is 5.11 Å². The molecule has 2 heteroatoms. The Morgan fingerprint density at radius 1 is 1.10 bits per heavy atom. The molecule has 1 N–H and O–H groups in total. The smallest absolute Gasteiger partial charge is 0.0428 e. The van der Waals surface area contributed by atoms with E-state index < -0.39 is 0 Å². The van der Waals surface area contributed by atoms with Crippen LogP contribution in [0.25, 0.3) is 0 Å². The van der Waals surface area contributed by atoms with Crippen molar-refractivity contribution in [3.05, 3.63) is 0 Å². The van der Waals surface area contributed by atoms with Crippen LogP contribution in [0.3, 0.4) is 0 Å². The summed E-state index contributed by atoms with van der Waals surface area (Å²) in [5.74, 6) is 1.75. The number of hydrogen-bond donors (Lipinski definition) is 1. The van der Waals surface area contributed by atoms with Crippen molar-refractivity contribution in [3.63, 3.8) is 0 Å². The first-order valence-corrected chi connectivity index (χ1v) is 8.91. The molecule has 0 radical (unpaired) electrons. The normalized spacial score (nSPS) is 22.9. The van der Waals surface area contributed by atoms with Gasteiger partial charge in [0.2, 0.25) is 0 Å². The molecule has 0 aromatic heterocycles. The van der Waals surface area contributed by atoms with Crippen LogP contribution in [-0.2, 0) is 0 Å². The zero-order chi connectivity index (χ0) is 15.4. The van der Waals surface area contributed by atoms with Gasteiger partial charge in [0.15, 0.2) is 0 Å². The predicted octanol–water partition coefficient (Wildman–Crippen LogP) is 4.71. The molecule has 2 atom stereocenters. The molecular formula is C18H39NO. The minimum Gasteiger partial charge on any atom is -0.396 e. The number of nitrogens with zero attached hydrogens (tertiary/aromatic N) is 1. The van der Waals surface area contributed by atoms with Crippen molar-refractivity contribution in [2.24, 2.45) is 11.8 Å². The third-order valence-corrected chi connectivity index (χ3v) is 4.17. The largest absolute Gasteiger partial charge is 0.396 e. The van der Waals surface area contributed by atoms with Crippen LogP contribution in [0.4, 0.5) is 0 Å². The number of likely N-dealkylation sites (tertiary alicyclic amines) is 1. The van der Waals surface area contributed by atoms with Crippen LogP contribution < -0.4 is 0 Å². The van der Waals surface area contributed by atoms with E-state index in [-0.39, 0.29) is 0 Å². The van der Waals surface area contributed by atoms with Crippen LogP contribution in [0, 0.1) is 11.8 Å². The lowest BCUT2D eigenvalue weighted by Gasteiger charge is -2.28. The highest BCUT2D eigenvalue weighted by atomic mass is 16.2. The first-order valence-electron chi connectivity index (χ1n) is 8.91. The summed E-state index contributed by atoms with van der Waals surface area (Å²) in [6, 6.07) is 0.888. The van der Waals surface area contributed by atoms with E-state index in [1.807, 2.05) is 6.92 Å². The maximum absolute atomic E-state index is 7.88. The average Bonchev–Trinajstić information content (AvgIpc) is 2.75. The second-order valence-corrected chi connectivity index (χ2v) is 6.80. The van der Waals surface area contributed by atoms with E-state index in [4.69, 9.17) is 5.11 Å². The van der Waals surface area contributed by atoms with Crippen molar-refractivity contribution >= 4 is 0 Å². The molecule has 1 heterocycles. The number of aliphatic hydroxyl groups excluding tert-OH is 1. The van der Waals surface area contributed by atoms with E-state index >= 15 is 0 Å². The third-order valence-electron chi connectivity index (χ3n) is 4.17. The van der Waals surface area contributed by atoms with Crippen molar-refractivity contribution in [2.75, 3.05) is 19.7 Å². The molecular weight excluding hydrogens is 246 g/mol. The first kappa shape index (κ1) is 19.9. The maximum atomic E-state index is 7.88. The Balaban J connectivity index is 0.000000796. The Labute approximate surface area is 127 Å². The molecule has 122 valence electrons. The summed E-state index contributed by atoms with van der Waals surface area (Å²) in [7, 11) is 0. The Kier molecular flexibility index (Phi) is 12.6. The van der Waals surface area contributed by atoms with Gasteiger partial charge in [0.25, 0.3) is 0 Å². The molecule has 0 bridgehead atoms. The molecule has 0 aliphatic carbocycles. The molecule has 0 aromatic carbocycles. The lowest BCUT2D eigenvalue weighted by Crippen LogP contribution is -2.34. The van der Waals surface area contributed by atoms with Gasteiger partial charge in [-0.15, -0.1) is 0 Å². The molecule has 1 aliphatic rings. The highest BCUT2D eigenvalue weighted by Crippen LogP contribution is 2.28. The zero-order valence-corrected chi connectivity index (χ0v) is 14.7. The van der Waals surface area contributed by atoms with E-state index in [2.05, 4.69) is 32.6 Å². The van der Waals surface area contributed by atoms with Gasteiger partial charge >= 0.3 is 0 Å². The fourth-order valence-corrected chi connectivity index (χ4v) is 3.03. The quantitative estimate of drug-likeness (QED) is 0.653. The van der Waals surface area contributed by atoms with Crippen LogP contribution in [0.5, 0.6) is 0 Å². The summed E-state index contributed by atoms with van der Waals surface area (Å²) in [5.41, 5.74) is 0. The number of aliphatic hydroxyl groups is 1. The molecule has 0 saturated carbocycles. The van der Waals surface area contributed by atoms with Gasteiger partial charge in [-0.3, -0.25) is 4.90 Å². The van der Waals surface area contributed by atoms with Gasteiger partial charge in [-0.05, 0) is 37.6 Å². The summed E-state index contributed by atoms with van der Waals surface area (Å²) in [4.78, 5) is 2.75. The summed E-state index contributed by atoms with van der Waals surface area (Å²) in [6.45, 7) is 14.3. The number of hydrogen-bond acceptors (Lipinski definition) is 2. The summed E-state index contributed by atoms with van der Waals surface area (Å²) < 4.78 is 0. The van der Waals surface area contributed by atoms with Crippen molar-refractivity contribution in [3.8, 4) is 0 Å². The fourth-order valence-electron chi connectivity index (χ4n) is 3.03. The molecule has 1 aliphatic heterocycles. The van der Waals surface area contributed by atoms with Gasteiger partial charge in [-0.1, -0.05) is 60.3 Å². The first-order chi connectivity index (χ1) is 9.56. The molecule has 1 fully saturated rings. The van der Waals surface area contributed by atoms with Crippen molar-refractivity contribution in [1.29, 1.82) is 0 Å². The fraction of sp³-hybridized carbons (Fsp3) is 1.00. The molecule has 20 heavy (non-hydrogen) atoms. The number of unbranched alkanes of at least 4 members (excludes halogenated alkanes) is 3. The highest BCUT2D eigenvalue weighted by Gasteiger charge is 2.30. The second kappa shape index (κ2) is 12.6. The Morgan fingerprint density at radius 3 is 2.25 bits per heavy atom. The van der Waals surface area contributed by atoms with Crippen LogP contribution in [0.1, 0.15) is 79.6 Å². The zero-order valence-electron chi connectivity index (χ0n) is 14.7. The van der Waals surface area contributed by atoms with Gasteiger partial charge in [0.05, 0.1) is 0 Å². The van der Waals surface area contributed by atoms with Gasteiger partial charge in [0, 0.05) is 19.2 Å². The highest BCUT2D eigenvalue weighted by molar-refractivity contribution is 4.84. The lowest BCUT2D eigenvalue weighted by atomic mass is 9.96. The average molecular weight is 286 g/mol. The molecule has 2 unspecified atom stereocenters. The maximum Gasteiger partial charge on any atom is 0.0428 e. The van der Waals surface area contributed by atoms with Crippen molar-refractivity contribution in [2.45, 2.75) is 85.6 Å². The topological polar surface area (TPSA) is 23.5 Å². The van der Waals surface area contributed by atoms with Gasteiger partial charge in [-0.2, -0.15) is 0 Å². The van der Waals surface area contributed by atoms with Crippen LogP contribution in [0.2, 0.25) is 0 Å². The molecule has 0 amide bonds. The third kappa shape index (κ3) is 8.97. The van der Waals surface area contributed by atoms with Gasteiger partial charge < -0.3 is 5.11 Å². The van der Waals surface area contributed by atoms with E-state index in [9.17, 15) is 0 Å². The monoisotopic (exact) mass is 285 g/mol. The molecule has 1 saturated heterocycles. The standard InChI is InChI=1S/C15H31N.C3H8O/c1-5-6-7-8-9-15-14(4)10-11-16(15)12-13(2)3;1-2-3-4/h13-15H,5-12H2,1-4H3;4H,2-3H2,1H3. The SMILES string of the molecule is CCCCCCC1C(C)CCN1CC(C)C.CCCO. The Bertz CT molecular complexity index is 204. The van der Waals surface area contributed by atoms with E-state index in [1.165, 1.54) is 51.6 Å². The van der Waals surface area contributed by atoms with Gasteiger partial charge in [-0.25, -0.2) is 0 Å². The summed E-state index contributed by atoms with van der Waals surface area (Å²) >= 11 is 0. The Hall–Kier alpha value is -0.0800. The van der Waals surface area contributed by atoms with Crippen LogP contribution >= 0.6 is 0 Å². The number of rotatable bonds is 8. The molecule has 0 aromatic rings. The molecule has 2 nitrogen and oxygen atoms in total. The Morgan fingerprint density at radius 2 is 1.75 bits per heavy atom. The minimum absolute atomic E-state index is 0.319. The van der Waals surface area contributed by atoms with Crippen LogP contribution in [-0.4, -0.2) is 35.7 Å².